The predicted molar refractivity (Wildman–Crippen MR) is 69.3 cm³/mol. The van der Waals surface area contributed by atoms with E-state index in [0.29, 0.717) is 12.0 Å². The average molecular weight is 286 g/mol. The number of nitrogens with zero attached hydrogens (tertiary/aromatic N) is 2. The molecule has 1 N–H and O–H groups in total. The van der Waals surface area contributed by atoms with Crippen molar-refractivity contribution in [3.05, 3.63) is 16.4 Å². The standard InChI is InChI=1S/C12H20BrN3/c1-4-16-12(10(13)7-15-16)11(14-3)8(2)9-5-6-9/h7-9,11,14H,4-6H2,1-3H3. The molecule has 1 heterocycles. The maximum absolute atomic E-state index is 4.39. The molecule has 1 saturated carbocycles. The van der Waals surface area contributed by atoms with E-state index in [-0.39, 0.29) is 0 Å². The zero-order chi connectivity index (χ0) is 11.7. The lowest BCUT2D eigenvalue weighted by atomic mass is 9.94. The van der Waals surface area contributed by atoms with E-state index in [9.17, 15) is 0 Å². The fourth-order valence-electron chi connectivity index (χ4n) is 2.48. The number of hydrogen-bond donors (Lipinski definition) is 1. The second kappa shape index (κ2) is 4.88. The van der Waals surface area contributed by atoms with Crippen molar-refractivity contribution in [1.82, 2.24) is 15.1 Å². The molecule has 90 valence electrons. The third kappa shape index (κ3) is 2.18. The molecule has 1 aromatic heterocycles. The molecule has 0 spiro atoms. The molecule has 1 aromatic rings. The van der Waals surface area contributed by atoms with Crippen LogP contribution in [0.3, 0.4) is 0 Å². The summed E-state index contributed by atoms with van der Waals surface area (Å²) in [5.74, 6) is 1.58. The summed E-state index contributed by atoms with van der Waals surface area (Å²) in [4.78, 5) is 0. The highest BCUT2D eigenvalue weighted by Crippen LogP contribution is 2.43. The molecule has 0 bridgehead atoms. The highest BCUT2D eigenvalue weighted by molar-refractivity contribution is 9.10. The minimum Gasteiger partial charge on any atom is -0.311 e. The fourth-order valence-corrected chi connectivity index (χ4v) is 3.02. The minimum atomic E-state index is 0.407. The Kier molecular flexibility index (Phi) is 3.70. The van der Waals surface area contributed by atoms with Gasteiger partial charge in [-0.3, -0.25) is 4.68 Å². The van der Waals surface area contributed by atoms with E-state index in [1.165, 1.54) is 18.5 Å². The maximum Gasteiger partial charge on any atom is 0.0698 e. The SMILES string of the molecule is CCn1ncc(Br)c1C(NC)C(C)C1CC1. The predicted octanol–water partition coefficient (Wildman–Crippen LogP) is 2.97. The van der Waals surface area contributed by atoms with Crippen molar-refractivity contribution in [3.63, 3.8) is 0 Å². The molecule has 1 aliphatic carbocycles. The summed E-state index contributed by atoms with van der Waals surface area (Å²) < 4.78 is 3.21. The third-order valence-electron chi connectivity index (χ3n) is 3.63. The van der Waals surface area contributed by atoms with Gasteiger partial charge in [-0.05, 0) is 54.6 Å². The highest BCUT2D eigenvalue weighted by atomic mass is 79.9. The molecule has 2 rings (SSSR count). The monoisotopic (exact) mass is 285 g/mol. The van der Waals surface area contributed by atoms with Crippen LogP contribution in [0.2, 0.25) is 0 Å². The Morgan fingerprint density at radius 2 is 2.31 bits per heavy atom. The molecule has 0 aromatic carbocycles. The van der Waals surface area contributed by atoms with Gasteiger partial charge in [0, 0.05) is 6.54 Å². The van der Waals surface area contributed by atoms with Gasteiger partial charge in [0.25, 0.3) is 0 Å². The Hall–Kier alpha value is -0.350. The van der Waals surface area contributed by atoms with Gasteiger partial charge in [0.15, 0.2) is 0 Å². The van der Waals surface area contributed by atoms with E-state index < -0.39 is 0 Å². The third-order valence-corrected chi connectivity index (χ3v) is 4.24. The van der Waals surface area contributed by atoms with E-state index in [2.05, 4.69) is 44.9 Å². The normalized spacial score (nSPS) is 19.8. The Balaban J connectivity index is 2.27. The topological polar surface area (TPSA) is 29.9 Å². The minimum absolute atomic E-state index is 0.407. The summed E-state index contributed by atoms with van der Waals surface area (Å²) >= 11 is 3.61. The average Bonchev–Trinajstić information content (AvgIpc) is 3.06. The van der Waals surface area contributed by atoms with Crippen molar-refractivity contribution in [2.75, 3.05) is 7.05 Å². The summed E-state index contributed by atoms with van der Waals surface area (Å²) in [7, 11) is 2.04. The molecule has 0 amide bonds. The quantitative estimate of drug-likeness (QED) is 0.902. The van der Waals surface area contributed by atoms with Crippen molar-refractivity contribution in [2.24, 2.45) is 11.8 Å². The Bertz CT molecular complexity index is 357. The Morgan fingerprint density at radius 1 is 1.62 bits per heavy atom. The molecular formula is C12H20BrN3. The van der Waals surface area contributed by atoms with E-state index >= 15 is 0 Å². The molecule has 0 aliphatic heterocycles. The molecule has 2 atom stereocenters. The van der Waals surface area contributed by atoms with Gasteiger partial charge < -0.3 is 5.32 Å². The number of nitrogens with one attached hydrogen (secondary N) is 1. The van der Waals surface area contributed by atoms with Gasteiger partial charge in [0.2, 0.25) is 0 Å². The second-order valence-electron chi connectivity index (χ2n) is 4.66. The van der Waals surface area contributed by atoms with Crippen LogP contribution in [0.15, 0.2) is 10.7 Å². The number of rotatable bonds is 5. The molecule has 16 heavy (non-hydrogen) atoms. The summed E-state index contributed by atoms with van der Waals surface area (Å²) in [5.41, 5.74) is 1.30. The van der Waals surface area contributed by atoms with E-state index in [0.717, 1.165) is 16.9 Å². The van der Waals surface area contributed by atoms with Crippen molar-refractivity contribution < 1.29 is 0 Å². The molecule has 2 unspecified atom stereocenters. The van der Waals surface area contributed by atoms with Gasteiger partial charge >= 0.3 is 0 Å². The zero-order valence-electron chi connectivity index (χ0n) is 10.2. The van der Waals surface area contributed by atoms with E-state index in [1.54, 1.807) is 0 Å². The number of hydrogen-bond acceptors (Lipinski definition) is 2. The molecule has 1 aliphatic rings. The first kappa shape index (κ1) is 12.1. The molecule has 0 radical (unpaired) electrons. The van der Waals surface area contributed by atoms with Crippen LogP contribution in [0.25, 0.3) is 0 Å². The van der Waals surface area contributed by atoms with Gasteiger partial charge in [0.05, 0.1) is 22.4 Å². The smallest absolute Gasteiger partial charge is 0.0698 e. The molecule has 0 saturated heterocycles. The van der Waals surface area contributed by atoms with E-state index in [4.69, 9.17) is 0 Å². The molecule has 1 fully saturated rings. The maximum atomic E-state index is 4.39. The van der Waals surface area contributed by atoms with Gasteiger partial charge in [-0.25, -0.2) is 0 Å². The summed E-state index contributed by atoms with van der Waals surface area (Å²) in [6.07, 6.45) is 4.68. The number of halogens is 1. The van der Waals surface area contributed by atoms with Crippen LogP contribution in [0.1, 0.15) is 38.4 Å². The van der Waals surface area contributed by atoms with Crippen LogP contribution in [0.5, 0.6) is 0 Å². The number of aryl methyl sites for hydroxylation is 1. The fraction of sp³-hybridized carbons (Fsp3) is 0.750. The largest absolute Gasteiger partial charge is 0.311 e. The number of aromatic nitrogens is 2. The second-order valence-corrected chi connectivity index (χ2v) is 5.51. The molecule has 4 heteroatoms. The molecule has 3 nitrogen and oxygen atoms in total. The van der Waals surface area contributed by atoms with Gasteiger partial charge in [-0.2, -0.15) is 5.10 Å². The zero-order valence-corrected chi connectivity index (χ0v) is 11.8. The molecular weight excluding hydrogens is 266 g/mol. The van der Waals surface area contributed by atoms with Crippen LogP contribution in [-0.2, 0) is 6.54 Å². The summed E-state index contributed by atoms with van der Waals surface area (Å²) in [6.45, 7) is 5.41. The van der Waals surface area contributed by atoms with Crippen molar-refractivity contribution >= 4 is 15.9 Å². The first-order valence-corrected chi connectivity index (χ1v) is 6.86. The van der Waals surface area contributed by atoms with Gasteiger partial charge in [-0.15, -0.1) is 0 Å². The summed E-state index contributed by atoms with van der Waals surface area (Å²) in [6, 6.07) is 0.407. The van der Waals surface area contributed by atoms with Crippen molar-refractivity contribution in [3.8, 4) is 0 Å². The Labute approximate surface area is 106 Å². The van der Waals surface area contributed by atoms with Gasteiger partial charge in [0.1, 0.15) is 0 Å². The lowest BCUT2D eigenvalue weighted by molar-refractivity contribution is 0.347. The first-order chi connectivity index (χ1) is 7.69. The van der Waals surface area contributed by atoms with Gasteiger partial charge in [-0.1, -0.05) is 6.92 Å². The van der Waals surface area contributed by atoms with Crippen LogP contribution < -0.4 is 5.32 Å². The van der Waals surface area contributed by atoms with Crippen molar-refractivity contribution in [1.29, 1.82) is 0 Å². The van der Waals surface area contributed by atoms with Crippen LogP contribution >= 0.6 is 15.9 Å². The first-order valence-electron chi connectivity index (χ1n) is 6.07. The van der Waals surface area contributed by atoms with Crippen molar-refractivity contribution in [2.45, 2.75) is 39.3 Å². The van der Waals surface area contributed by atoms with Crippen LogP contribution in [0, 0.1) is 11.8 Å². The Morgan fingerprint density at radius 3 is 2.81 bits per heavy atom. The van der Waals surface area contributed by atoms with Crippen LogP contribution in [-0.4, -0.2) is 16.8 Å². The van der Waals surface area contributed by atoms with Crippen LogP contribution in [0.4, 0.5) is 0 Å². The van der Waals surface area contributed by atoms with E-state index in [1.807, 2.05) is 13.2 Å². The summed E-state index contributed by atoms with van der Waals surface area (Å²) in [5, 5.41) is 7.85. The lowest BCUT2D eigenvalue weighted by Gasteiger charge is -2.24. The highest BCUT2D eigenvalue weighted by Gasteiger charge is 2.35. The lowest BCUT2D eigenvalue weighted by Crippen LogP contribution is -2.27.